The van der Waals surface area contributed by atoms with Gasteiger partial charge in [-0.15, -0.1) is 0 Å². The van der Waals surface area contributed by atoms with Crippen LogP contribution < -0.4 is 10.1 Å². The fourth-order valence-electron chi connectivity index (χ4n) is 2.75. The van der Waals surface area contributed by atoms with Crippen molar-refractivity contribution < 1.29 is 28.6 Å². The second-order valence-electron chi connectivity index (χ2n) is 5.61. The van der Waals surface area contributed by atoms with Crippen molar-refractivity contribution in [1.82, 2.24) is 4.98 Å². The summed E-state index contributed by atoms with van der Waals surface area (Å²) in [6.45, 7) is -0.666. The molecule has 3 N–H and O–H groups in total. The number of carboxylic acids is 1. The normalized spacial score (nSPS) is 13.2. The quantitative estimate of drug-likeness (QED) is 0.770. The largest absolute Gasteiger partial charge is 0.479 e. The maximum absolute atomic E-state index is 13.9. The lowest BCUT2D eigenvalue weighted by Gasteiger charge is -2.12. The number of carboxylic acid groups (broad SMARTS) is 1. The number of H-pyrrole nitrogens is 1. The number of amides is 1. The van der Waals surface area contributed by atoms with Gasteiger partial charge in [0.2, 0.25) is 0 Å². The highest BCUT2D eigenvalue weighted by atomic mass is 19.1. The predicted octanol–water partition coefficient (Wildman–Crippen LogP) is 2.39. The van der Waals surface area contributed by atoms with E-state index in [9.17, 15) is 18.8 Å². The van der Waals surface area contributed by atoms with Crippen molar-refractivity contribution in [1.29, 1.82) is 0 Å². The van der Waals surface area contributed by atoms with E-state index < -0.39 is 24.3 Å². The van der Waals surface area contributed by atoms with Gasteiger partial charge in [0, 0.05) is 30.1 Å². The molecule has 0 bridgehead atoms. The van der Waals surface area contributed by atoms with Crippen LogP contribution in [0.15, 0.2) is 24.4 Å². The number of aliphatic carboxylic acids is 1. The number of Topliss-reactive ketones (excluding diaryl/α,β-unsaturated/α-hetero) is 1. The highest BCUT2D eigenvalue weighted by molar-refractivity contribution is 6.13. The Morgan fingerprint density at radius 1 is 1.32 bits per heavy atom. The van der Waals surface area contributed by atoms with Crippen LogP contribution in [0.25, 0.3) is 0 Å². The molecule has 1 aromatic heterocycles. The van der Waals surface area contributed by atoms with Crippen molar-refractivity contribution in [3.63, 3.8) is 0 Å². The van der Waals surface area contributed by atoms with Crippen LogP contribution in [0.2, 0.25) is 0 Å². The number of nitrogens with one attached hydrogen (secondary N) is 2. The number of halogens is 1. The molecule has 2 aromatic rings. The Balaban J connectivity index is 1.76. The summed E-state index contributed by atoms with van der Waals surface area (Å²) >= 11 is 0. The molecule has 0 saturated heterocycles. The van der Waals surface area contributed by atoms with E-state index in [1.807, 2.05) is 0 Å². The summed E-state index contributed by atoms with van der Waals surface area (Å²) in [5.74, 6) is -2.86. The van der Waals surface area contributed by atoms with E-state index in [1.54, 1.807) is 0 Å². The van der Waals surface area contributed by atoms with Gasteiger partial charge in [-0.05, 0) is 25.0 Å². The number of ether oxygens (including phenoxy) is 1. The first kappa shape index (κ1) is 16.7. The van der Waals surface area contributed by atoms with Crippen LogP contribution in [-0.4, -0.2) is 34.4 Å². The van der Waals surface area contributed by atoms with Gasteiger partial charge < -0.3 is 20.1 Å². The average molecular weight is 346 g/mol. The van der Waals surface area contributed by atoms with E-state index in [0.717, 1.165) is 18.2 Å². The average Bonchev–Trinajstić information content (AvgIpc) is 2.99. The second kappa shape index (κ2) is 6.76. The first-order chi connectivity index (χ1) is 12.0. The number of aromatic amines is 1. The Hall–Kier alpha value is -3.16. The molecule has 0 unspecified atom stereocenters. The third-order valence-corrected chi connectivity index (χ3v) is 3.86. The van der Waals surface area contributed by atoms with Gasteiger partial charge >= 0.3 is 5.97 Å². The zero-order chi connectivity index (χ0) is 18.0. The molecule has 1 aliphatic rings. The molecule has 8 heteroatoms. The van der Waals surface area contributed by atoms with Gasteiger partial charge in [-0.3, -0.25) is 9.59 Å². The highest BCUT2D eigenvalue weighted by Gasteiger charge is 2.26. The van der Waals surface area contributed by atoms with Gasteiger partial charge in [0.15, 0.2) is 24.0 Å². The van der Waals surface area contributed by atoms with Gasteiger partial charge in [-0.25, -0.2) is 9.18 Å². The van der Waals surface area contributed by atoms with Crippen molar-refractivity contribution >= 4 is 23.3 Å². The van der Waals surface area contributed by atoms with Gasteiger partial charge in [0.05, 0.1) is 11.1 Å². The smallest absolute Gasteiger partial charge is 0.341 e. The van der Waals surface area contributed by atoms with E-state index in [1.165, 1.54) is 18.3 Å². The molecule has 0 spiro atoms. The minimum absolute atomic E-state index is 0.0868. The maximum atomic E-state index is 13.9. The fraction of sp³-hybridized carbons (Fsp3) is 0.235. The van der Waals surface area contributed by atoms with E-state index in [4.69, 9.17) is 9.84 Å². The molecule has 0 fully saturated rings. The van der Waals surface area contributed by atoms with E-state index in [-0.39, 0.29) is 22.8 Å². The molecular weight excluding hydrogens is 331 g/mol. The summed E-state index contributed by atoms with van der Waals surface area (Å²) in [5, 5.41) is 11.1. The third-order valence-electron chi connectivity index (χ3n) is 3.86. The zero-order valence-corrected chi connectivity index (χ0v) is 13.1. The van der Waals surface area contributed by atoms with Crippen LogP contribution >= 0.6 is 0 Å². The first-order valence-electron chi connectivity index (χ1n) is 7.64. The monoisotopic (exact) mass is 346 g/mol. The lowest BCUT2D eigenvalue weighted by atomic mass is 9.93. The van der Waals surface area contributed by atoms with Crippen LogP contribution in [0, 0.1) is 5.82 Å². The molecule has 1 heterocycles. The Kier molecular flexibility index (Phi) is 4.51. The van der Waals surface area contributed by atoms with Crippen LogP contribution in [0.5, 0.6) is 5.75 Å². The number of hydrogen-bond donors (Lipinski definition) is 3. The number of benzene rings is 1. The zero-order valence-electron chi connectivity index (χ0n) is 13.1. The number of anilines is 1. The minimum Gasteiger partial charge on any atom is -0.479 e. The Bertz CT molecular complexity index is 859. The molecule has 1 amide bonds. The summed E-state index contributed by atoms with van der Waals surface area (Å²) in [4.78, 5) is 37.8. The van der Waals surface area contributed by atoms with Crippen molar-refractivity contribution in [3.05, 3.63) is 47.0 Å². The number of rotatable bonds is 5. The third kappa shape index (κ3) is 3.52. The Morgan fingerprint density at radius 3 is 2.84 bits per heavy atom. The summed E-state index contributed by atoms with van der Waals surface area (Å²) in [6, 6.07) is 3.64. The molecule has 1 aliphatic carbocycles. The number of aryl methyl sites for hydroxylation is 1. The number of carbonyl (C=O) groups excluding carboxylic acids is 2. The number of fused-ring (bicyclic) bond motifs is 1. The highest BCUT2D eigenvalue weighted by Crippen LogP contribution is 2.26. The summed E-state index contributed by atoms with van der Waals surface area (Å²) in [6.07, 6.45) is 3.33. The molecule has 3 rings (SSSR count). The van der Waals surface area contributed by atoms with E-state index in [2.05, 4.69) is 10.3 Å². The SMILES string of the molecule is O=C(O)COc1ccc(NC(=O)c2c[nH]c3c2C(=O)CCC3)cc1F. The van der Waals surface area contributed by atoms with Gasteiger partial charge in [0.1, 0.15) is 0 Å². The molecular formula is C17H15FN2O5. The maximum Gasteiger partial charge on any atom is 0.341 e. The van der Waals surface area contributed by atoms with Crippen molar-refractivity contribution in [3.8, 4) is 5.75 Å². The Morgan fingerprint density at radius 2 is 2.12 bits per heavy atom. The number of carbonyl (C=O) groups is 3. The lowest BCUT2D eigenvalue weighted by molar-refractivity contribution is -0.139. The minimum atomic E-state index is -1.22. The summed E-state index contributed by atoms with van der Waals surface area (Å²) in [7, 11) is 0. The Labute approximate surface area is 141 Å². The van der Waals surface area contributed by atoms with Crippen molar-refractivity contribution in [2.24, 2.45) is 0 Å². The first-order valence-corrected chi connectivity index (χ1v) is 7.64. The molecule has 0 radical (unpaired) electrons. The van der Waals surface area contributed by atoms with Gasteiger partial charge in [-0.1, -0.05) is 0 Å². The predicted molar refractivity (Wildman–Crippen MR) is 85.5 cm³/mol. The van der Waals surface area contributed by atoms with Crippen LogP contribution in [0.3, 0.4) is 0 Å². The van der Waals surface area contributed by atoms with Crippen LogP contribution in [0.4, 0.5) is 10.1 Å². The number of ketones is 1. The van der Waals surface area contributed by atoms with Gasteiger partial charge in [0.25, 0.3) is 5.91 Å². The molecule has 130 valence electrons. The summed E-state index contributed by atoms with van der Waals surface area (Å²) in [5.41, 5.74) is 1.53. The number of aromatic nitrogens is 1. The van der Waals surface area contributed by atoms with E-state index in [0.29, 0.717) is 18.4 Å². The molecule has 0 saturated carbocycles. The molecule has 1 aromatic carbocycles. The van der Waals surface area contributed by atoms with Crippen molar-refractivity contribution in [2.45, 2.75) is 19.3 Å². The van der Waals surface area contributed by atoms with Crippen molar-refractivity contribution in [2.75, 3.05) is 11.9 Å². The number of hydrogen-bond acceptors (Lipinski definition) is 4. The van der Waals surface area contributed by atoms with Crippen LogP contribution in [-0.2, 0) is 11.2 Å². The fourth-order valence-corrected chi connectivity index (χ4v) is 2.75. The van der Waals surface area contributed by atoms with Crippen LogP contribution in [0.1, 0.15) is 39.3 Å². The van der Waals surface area contributed by atoms with Gasteiger partial charge in [-0.2, -0.15) is 0 Å². The summed E-state index contributed by atoms with van der Waals surface area (Å²) < 4.78 is 18.7. The van der Waals surface area contributed by atoms with E-state index >= 15 is 0 Å². The lowest BCUT2D eigenvalue weighted by Crippen LogP contribution is -2.18. The molecule has 25 heavy (non-hydrogen) atoms. The standard InChI is InChI=1S/C17H15FN2O5/c18-11-6-9(4-5-14(11)25-8-15(22)23)20-17(24)10-7-19-12-2-1-3-13(21)16(10)12/h4-7,19H,1-3,8H2,(H,20,24)(H,22,23). The molecule has 0 aliphatic heterocycles. The second-order valence-corrected chi connectivity index (χ2v) is 5.61. The molecule has 0 atom stereocenters. The topological polar surface area (TPSA) is 108 Å². The molecule has 7 nitrogen and oxygen atoms in total.